The van der Waals surface area contributed by atoms with Crippen LogP contribution in [0.3, 0.4) is 0 Å². The Labute approximate surface area is 130 Å². The molecule has 0 bridgehead atoms. The van der Waals surface area contributed by atoms with Gasteiger partial charge in [0.05, 0.1) is 30.4 Å². The second kappa shape index (κ2) is 6.46. The van der Waals surface area contributed by atoms with Crippen LogP contribution in [0.4, 0.5) is 0 Å². The van der Waals surface area contributed by atoms with Crippen molar-refractivity contribution in [2.24, 2.45) is 5.92 Å². The van der Waals surface area contributed by atoms with E-state index in [0.717, 1.165) is 6.42 Å². The van der Waals surface area contributed by atoms with Gasteiger partial charge in [0.2, 0.25) is 0 Å². The van der Waals surface area contributed by atoms with Gasteiger partial charge in [0.15, 0.2) is 5.78 Å². The van der Waals surface area contributed by atoms with Crippen LogP contribution in [-0.2, 0) is 11.3 Å². The monoisotopic (exact) mass is 311 g/mol. The number of hydrogen-bond acceptors (Lipinski definition) is 4. The summed E-state index contributed by atoms with van der Waals surface area (Å²) < 4.78 is 6.73. The minimum Gasteiger partial charge on any atom is -0.383 e. The van der Waals surface area contributed by atoms with Crippen molar-refractivity contribution in [1.82, 2.24) is 15.1 Å². The topological polar surface area (TPSA) is 56.2 Å². The Kier molecular flexibility index (Phi) is 4.62. The number of ether oxygens (including phenoxy) is 1. The lowest BCUT2D eigenvalue weighted by Gasteiger charge is -2.24. The van der Waals surface area contributed by atoms with Gasteiger partial charge >= 0.3 is 0 Å². The van der Waals surface area contributed by atoms with E-state index in [2.05, 4.69) is 10.4 Å². The van der Waals surface area contributed by atoms with E-state index in [-0.39, 0.29) is 11.8 Å². The van der Waals surface area contributed by atoms with Crippen LogP contribution in [0.25, 0.3) is 0 Å². The number of ketones is 1. The van der Waals surface area contributed by atoms with Crippen LogP contribution in [0.5, 0.6) is 0 Å². The third-order valence-corrected chi connectivity index (χ3v) is 4.99. The Hall–Kier alpha value is -0.910. The van der Waals surface area contributed by atoms with Crippen LogP contribution < -0.4 is 5.32 Å². The van der Waals surface area contributed by atoms with E-state index in [1.807, 2.05) is 0 Å². The van der Waals surface area contributed by atoms with E-state index in [0.29, 0.717) is 35.8 Å². The highest BCUT2D eigenvalue weighted by atomic mass is 35.5. The zero-order chi connectivity index (χ0) is 14.8. The first kappa shape index (κ1) is 15.0. The molecule has 1 aromatic rings. The van der Waals surface area contributed by atoms with Crippen molar-refractivity contribution in [3.8, 4) is 0 Å². The number of carbonyl (C=O) groups is 1. The smallest absolute Gasteiger partial charge is 0.199 e. The van der Waals surface area contributed by atoms with Gasteiger partial charge in [0, 0.05) is 13.2 Å². The average molecular weight is 312 g/mol. The number of carbonyl (C=O) groups excluding carboxylic acids is 1. The first-order chi connectivity index (χ1) is 10.2. The normalized spacial score (nSPS) is 28.6. The van der Waals surface area contributed by atoms with Gasteiger partial charge in [-0.05, 0) is 25.2 Å². The Morgan fingerprint density at radius 3 is 3.10 bits per heavy atom. The Balaban J connectivity index is 1.74. The van der Waals surface area contributed by atoms with Crippen molar-refractivity contribution >= 4 is 17.4 Å². The molecule has 21 heavy (non-hydrogen) atoms. The van der Waals surface area contributed by atoms with Gasteiger partial charge in [-0.2, -0.15) is 5.10 Å². The SMILES string of the molecule is COCCn1ncc(Cl)c1C(=O)C1CC2CCCCC2N1. The third-order valence-electron chi connectivity index (χ3n) is 4.71. The molecule has 2 heterocycles. The van der Waals surface area contributed by atoms with Crippen molar-refractivity contribution in [2.45, 2.75) is 50.7 Å². The molecule has 1 aliphatic carbocycles. The van der Waals surface area contributed by atoms with Crippen LogP contribution in [-0.4, -0.2) is 41.4 Å². The molecule has 1 saturated heterocycles. The van der Waals surface area contributed by atoms with Crippen molar-refractivity contribution in [2.75, 3.05) is 13.7 Å². The number of Topliss-reactive ketones (excluding diaryl/α,β-unsaturated/α-hetero) is 1. The maximum atomic E-state index is 12.8. The molecule has 1 N–H and O–H groups in total. The maximum absolute atomic E-state index is 12.8. The predicted molar refractivity (Wildman–Crippen MR) is 80.7 cm³/mol. The number of aromatic nitrogens is 2. The number of nitrogens with one attached hydrogen (secondary N) is 1. The molecule has 3 rings (SSSR count). The summed E-state index contributed by atoms with van der Waals surface area (Å²) in [6, 6.07) is 0.385. The molecule has 2 aliphatic rings. The molecule has 0 aromatic carbocycles. The largest absolute Gasteiger partial charge is 0.383 e. The molecule has 2 fully saturated rings. The van der Waals surface area contributed by atoms with Gasteiger partial charge in [0.1, 0.15) is 5.69 Å². The molecule has 3 atom stereocenters. The molecule has 6 heteroatoms. The number of nitrogens with zero attached hydrogens (tertiary/aromatic N) is 2. The van der Waals surface area contributed by atoms with Crippen LogP contribution in [0.2, 0.25) is 5.02 Å². The molecule has 3 unspecified atom stereocenters. The summed E-state index contributed by atoms with van der Waals surface area (Å²) in [4.78, 5) is 12.8. The van der Waals surface area contributed by atoms with Crippen LogP contribution in [0.15, 0.2) is 6.20 Å². The molecule has 0 spiro atoms. The highest BCUT2D eigenvalue weighted by molar-refractivity contribution is 6.33. The van der Waals surface area contributed by atoms with E-state index in [1.54, 1.807) is 18.0 Å². The Bertz CT molecular complexity index is 503. The fraction of sp³-hybridized carbons (Fsp3) is 0.733. The van der Waals surface area contributed by atoms with Crippen molar-refractivity contribution in [3.05, 3.63) is 16.9 Å². The second-order valence-electron chi connectivity index (χ2n) is 6.03. The maximum Gasteiger partial charge on any atom is 0.199 e. The molecule has 1 saturated carbocycles. The fourth-order valence-corrected chi connectivity index (χ4v) is 3.88. The molecule has 5 nitrogen and oxygen atoms in total. The summed E-state index contributed by atoms with van der Waals surface area (Å²) >= 11 is 6.18. The zero-order valence-corrected chi connectivity index (χ0v) is 13.1. The van der Waals surface area contributed by atoms with Crippen LogP contribution in [0.1, 0.15) is 42.6 Å². The molecular weight excluding hydrogens is 290 g/mol. The Morgan fingerprint density at radius 1 is 1.52 bits per heavy atom. The quantitative estimate of drug-likeness (QED) is 0.848. The molecule has 116 valence electrons. The minimum atomic E-state index is -0.117. The summed E-state index contributed by atoms with van der Waals surface area (Å²) in [5.74, 6) is 0.713. The van der Waals surface area contributed by atoms with Gasteiger partial charge < -0.3 is 10.1 Å². The number of methoxy groups -OCH3 is 1. The zero-order valence-electron chi connectivity index (χ0n) is 12.3. The van der Waals surface area contributed by atoms with Gasteiger partial charge in [-0.25, -0.2) is 0 Å². The van der Waals surface area contributed by atoms with Gasteiger partial charge in [0.25, 0.3) is 0 Å². The first-order valence-corrected chi connectivity index (χ1v) is 8.09. The third kappa shape index (κ3) is 3.00. The first-order valence-electron chi connectivity index (χ1n) is 7.71. The lowest BCUT2D eigenvalue weighted by atomic mass is 9.84. The Morgan fingerprint density at radius 2 is 2.33 bits per heavy atom. The standard InChI is InChI=1S/C15H22ClN3O2/c1-21-7-6-19-14(11(16)9-17-19)15(20)13-8-10-4-2-3-5-12(10)18-13/h9-10,12-13,18H,2-8H2,1H3. The number of halogens is 1. The van der Waals surface area contributed by atoms with Crippen molar-refractivity contribution < 1.29 is 9.53 Å². The van der Waals surface area contributed by atoms with Crippen molar-refractivity contribution in [3.63, 3.8) is 0 Å². The summed E-state index contributed by atoms with van der Waals surface area (Å²) in [6.45, 7) is 1.06. The summed E-state index contributed by atoms with van der Waals surface area (Å²) in [7, 11) is 1.63. The highest BCUT2D eigenvalue weighted by Gasteiger charge is 2.39. The summed E-state index contributed by atoms with van der Waals surface area (Å²) in [6.07, 6.45) is 7.45. The van der Waals surface area contributed by atoms with E-state index < -0.39 is 0 Å². The summed E-state index contributed by atoms with van der Waals surface area (Å²) in [5.41, 5.74) is 0.518. The van der Waals surface area contributed by atoms with Crippen LogP contribution >= 0.6 is 11.6 Å². The number of hydrogen-bond donors (Lipinski definition) is 1. The summed E-state index contributed by atoms with van der Waals surface area (Å²) in [5, 5.41) is 8.14. The molecule has 1 aliphatic heterocycles. The van der Waals surface area contributed by atoms with Gasteiger partial charge in [-0.15, -0.1) is 0 Å². The van der Waals surface area contributed by atoms with E-state index >= 15 is 0 Å². The lowest BCUT2D eigenvalue weighted by molar-refractivity contribution is 0.0935. The molecule has 1 aromatic heterocycles. The van der Waals surface area contributed by atoms with E-state index in [9.17, 15) is 4.79 Å². The average Bonchev–Trinajstić information content (AvgIpc) is 3.08. The number of fused-ring (bicyclic) bond motifs is 1. The number of rotatable bonds is 5. The predicted octanol–water partition coefficient (Wildman–Crippen LogP) is 2.29. The fourth-order valence-electron chi connectivity index (χ4n) is 3.64. The lowest BCUT2D eigenvalue weighted by Crippen LogP contribution is -2.38. The second-order valence-corrected chi connectivity index (χ2v) is 6.43. The minimum absolute atomic E-state index is 0.0722. The highest BCUT2D eigenvalue weighted by Crippen LogP contribution is 2.34. The molecular formula is C15H22ClN3O2. The molecule has 0 radical (unpaired) electrons. The van der Waals surface area contributed by atoms with Gasteiger partial charge in [-0.1, -0.05) is 24.4 Å². The van der Waals surface area contributed by atoms with E-state index in [1.165, 1.54) is 25.7 Å². The van der Waals surface area contributed by atoms with Crippen LogP contribution in [0, 0.1) is 5.92 Å². The van der Waals surface area contributed by atoms with Crippen molar-refractivity contribution in [1.29, 1.82) is 0 Å². The van der Waals surface area contributed by atoms with Gasteiger partial charge in [-0.3, -0.25) is 9.48 Å². The van der Waals surface area contributed by atoms with E-state index in [4.69, 9.17) is 16.3 Å². The molecule has 0 amide bonds.